The summed E-state index contributed by atoms with van der Waals surface area (Å²) in [5.74, 6) is 1.01. The quantitative estimate of drug-likeness (QED) is 0.0926. The largest absolute Gasteiger partial charge is 0.377 e. The van der Waals surface area contributed by atoms with Crippen LogP contribution in [0.5, 0.6) is 0 Å². The summed E-state index contributed by atoms with van der Waals surface area (Å²) in [4.78, 5) is 59.2. The number of piperidine rings is 1. The Hall–Kier alpha value is -4.62. The summed E-state index contributed by atoms with van der Waals surface area (Å²) in [6.45, 7) is 5.23. The van der Waals surface area contributed by atoms with Crippen molar-refractivity contribution < 1.29 is 31.4 Å². The fourth-order valence-corrected chi connectivity index (χ4v) is 8.05. The SMILES string of the molecule is O=C(NCCOCCOCCNc1ncc(CN2CCCC(c3nc(-c4cccs4)cc(=O)[nH]3)C2)cn1)[C@@H]1CCCN1C(=O)CCc1ccc(S(=O)(=O)F)cc1. The molecule has 1 unspecified atom stereocenters. The zero-order chi connectivity index (χ0) is 39.3. The number of aromatic amines is 1. The van der Waals surface area contributed by atoms with Gasteiger partial charge in [-0.1, -0.05) is 18.2 Å². The maximum absolute atomic E-state index is 13.1. The molecule has 1 aromatic carbocycles. The van der Waals surface area contributed by atoms with Gasteiger partial charge in [-0.25, -0.2) is 15.0 Å². The lowest BCUT2D eigenvalue weighted by Crippen LogP contribution is -2.46. The van der Waals surface area contributed by atoms with Gasteiger partial charge in [-0.05, 0) is 67.8 Å². The van der Waals surface area contributed by atoms with Gasteiger partial charge in [-0.2, -0.15) is 8.42 Å². The monoisotopic (exact) mass is 810 g/mol. The minimum absolute atomic E-state index is 0.129. The molecular weight excluding hydrogens is 764 g/mol. The Bertz CT molecular complexity index is 2050. The molecule has 2 saturated heterocycles. The Morgan fingerprint density at radius 3 is 2.45 bits per heavy atom. The van der Waals surface area contributed by atoms with Crippen molar-refractivity contribution in [2.24, 2.45) is 0 Å². The first-order valence-corrected chi connectivity index (χ1v) is 21.1. The summed E-state index contributed by atoms with van der Waals surface area (Å²) in [5.41, 5.74) is 2.29. The predicted octanol–water partition coefficient (Wildman–Crippen LogP) is 3.51. The van der Waals surface area contributed by atoms with Crippen molar-refractivity contribution >= 4 is 39.3 Å². The summed E-state index contributed by atoms with van der Waals surface area (Å²) >= 11 is 1.57. The van der Waals surface area contributed by atoms with Gasteiger partial charge in [0.15, 0.2) is 0 Å². The van der Waals surface area contributed by atoms with Crippen molar-refractivity contribution in [1.29, 1.82) is 0 Å². The summed E-state index contributed by atoms with van der Waals surface area (Å²) in [6, 6.07) is 10.3. The van der Waals surface area contributed by atoms with E-state index in [1.165, 1.54) is 24.3 Å². The van der Waals surface area contributed by atoms with E-state index < -0.39 is 21.2 Å². The first kappa shape index (κ1) is 41.0. The molecular formula is C38H47FN8O7S2. The maximum Gasteiger partial charge on any atom is 0.332 e. The summed E-state index contributed by atoms with van der Waals surface area (Å²) in [7, 11) is -4.77. The molecule has 2 atom stereocenters. The normalized spacial score (nSPS) is 17.6. The number of nitrogens with zero attached hydrogens (tertiary/aromatic N) is 5. The highest BCUT2D eigenvalue weighted by atomic mass is 32.3. The number of amides is 2. The molecule has 2 aliphatic heterocycles. The number of rotatable bonds is 19. The second kappa shape index (κ2) is 20.0. The zero-order valence-electron chi connectivity index (χ0n) is 31.0. The van der Waals surface area contributed by atoms with Crippen molar-refractivity contribution in [1.82, 2.24) is 35.1 Å². The maximum atomic E-state index is 13.1. The van der Waals surface area contributed by atoms with Crippen molar-refractivity contribution in [2.75, 3.05) is 64.5 Å². The Balaban J connectivity index is 0.805. The first-order valence-electron chi connectivity index (χ1n) is 18.8. The third-order valence-electron chi connectivity index (χ3n) is 9.69. The molecule has 0 aliphatic carbocycles. The second-order valence-corrected chi connectivity index (χ2v) is 16.0. The van der Waals surface area contributed by atoms with Crippen LogP contribution in [0, 0.1) is 0 Å². The number of nitrogens with one attached hydrogen (secondary N) is 3. The third-order valence-corrected chi connectivity index (χ3v) is 11.4. The van der Waals surface area contributed by atoms with Gasteiger partial charge in [0.05, 0.1) is 41.9 Å². The van der Waals surface area contributed by atoms with Crippen LogP contribution in [-0.4, -0.2) is 115 Å². The first-order chi connectivity index (χ1) is 27.1. The molecule has 2 fully saturated rings. The van der Waals surface area contributed by atoms with Crippen molar-refractivity contribution in [3.8, 4) is 10.6 Å². The van der Waals surface area contributed by atoms with Crippen molar-refractivity contribution in [2.45, 2.75) is 61.9 Å². The van der Waals surface area contributed by atoms with E-state index >= 15 is 0 Å². The summed E-state index contributed by atoms with van der Waals surface area (Å²) < 4.78 is 46.4. The lowest BCUT2D eigenvalue weighted by Gasteiger charge is -2.32. The molecule has 56 heavy (non-hydrogen) atoms. The van der Waals surface area contributed by atoms with Gasteiger partial charge >= 0.3 is 10.2 Å². The average Bonchev–Trinajstić information content (AvgIpc) is 3.92. The number of halogens is 1. The van der Waals surface area contributed by atoms with Crippen LogP contribution in [0.25, 0.3) is 10.6 Å². The molecule has 300 valence electrons. The predicted molar refractivity (Wildman–Crippen MR) is 208 cm³/mol. The number of benzene rings is 1. The van der Waals surface area contributed by atoms with Gasteiger partial charge in [0.25, 0.3) is 5.56 Å². The average molecular weight is 811 g/mol. The number of H-pyrrole nitrogens is 1. The molecule has 0 radical (unpaired) electrons. The van der Waals surface area contributed by atoms with Gasteiger partial charge in [0.1, 0.15) is 11.9 Å². The number of carbonyl (C=O) groups excluding carboxylic acids is 2. The van der Waals surface area contributed by atoms with E-state index in [1.807, 2.05) is 29.9 Å². The highest BCUT2D eigenvalue weighted by Gasteiger charge is 2.33. The fraction of sp³-hybridized carbons (Fsp3) is 0.474. The van der Waals surface area contributed by atoms with Gasteiger partial charge in [-0.3, -0.25) is 19.3 Å². The van der Waals surface area contributed by atoms with E-state index in [0.717, 1.165) is 54.3 Å². The number of aromatic nitrogens is 4. The third kappa shape index (κ3) is 11.9. The van der Waals surface area contributed by atoms with E-state index in [0.29, 0.717) is 77.0 Å². The van der Waals surface area contributed by atoms with Gasteiger partial charge < -0.3 is 30.0 Å². The number of carbonyl (C=O) groups is 2. The molecule has 2 aliphatic rings. The molecule has 15 nitrogen and oxygen atoms in total. The Morgan fingerprint density at radius 1 is 0.964 bits per heavy atom. The minimum atomic E-state index is -4.77. The fourth-order valence-electron chi connectivity index (χ4n) is 6.90. The molecule has 18 heteroatoms. The summed E-state index contributed by atoms with van der Waals surface area (Å²) in [5, 5.41) is 7.99. The molecule has 3 aromatic heterocycles. The molecule has 0 saturated carbocycles. The van der Waals surface area contributed by atoms with E-state index in [4.69, 9.17) is 14.5 Å². The van der Waals surface area contributed by atoms with Crippen LogP contribution in [0.2, 0.25) is 0 Å². The van der Waals surface area contributed by atoms with E-state index in [9.17, 15) is 26.7 Å². The lowest BCUT2D eigenvalue weighted by molar-refractivity contribution is -0.138. The van der Waals surface area contributed by atoms with Crippen molar-refractivity contribution in [3.05, 3.63) is 87.5 Å². The highest BCUT2D eigenvalue weighted by molar-refractivity contribution is 7.86. The number of aryl methyl sites for hydroxylation is 1. The molecule has 3 N–H and O–H groups in total. The van der Waals surface area contributed by atoms with Crippen LogP contribution in [-0.2, 0) is 42.3 Å². The van der Waals surface area contributed by atoms with E-state index in [1.54, 1.807) is 22.3 Å². The molecule has 5 heterocycles. The Labute approximate surface area is 329 Å². The number of anilines is 1. The highest BCUT2D eigenvalue weighted by Crippen LogP contribution is 2.28. The lowest BCUT2D eigenvalue weighted by atomic mass is 9.96. The topological polar surface area (TPSA) is 189 Å². The zero-order valence-corrected chi connectivity index (χ0v) is 32.7. The second-order valence-electron chi connectivity index (χ2n) is 13.8. The number of likely N-dealkylation sites (tertiary alicyclic amines) is 2. The van der Waals surface area contributed by atoms with Crippen LogP contribution in [0.15, 0.2) is 69.9 Å². The van der Waals surface area contributed by atoms with E-state index in [-0.39, 0.29) is 29.7 Å². The Kier molecular flexibility index (Phi) is 14.6. The number of ether oxygens (including phenoxy) is 2. The smallest absolute Gasteiger partial charge is 0.332 e. The summed E-state index contributed by atoms with van der Waals surface area (Å²) in [6.07, 6.45) is 7.43. The molecule has 2 amide bonds. The van der Waals surface area contributed by atoms with Crippen LogP contribution < -0.4 is 16.2 Å². The molecule has 0 spiro atoms. The van der Waals surface area contributed by atoms with Crippen LogP contribution >= 0.6 is 11.3 Å². The minimum Gasteiger partial charge on any atom is -0.377 e. The van der Waals surface area contributed by atoms with Gasteiger partial charge in [0.2, 0.25) is 17.8 Å². The van der Waals surface area contributed by atoms with Crippen LogP contribution in [0.3, 0.4) is 0 Å². The van der Waals surface area contributed by atoms with Crippen LogP contribution in [0.1, 0.15) is 55.0 Å². The molecule has 6 rings (SSSR count). The van der Waals surface area contributed by atoms with E-state index in [2.05, 4.69) is 30.5 Å². The molecule has 0 bridgehead atoms. The number of thiophene rings is 1. The Morgan fingerprint density at radius 2 is 1.71 bits per heavy atom. The standard InChI is InChI=1S/C38H47FN8O7S2/c39-56(51,52)30-10-7-27(8-11-30)9-12-35(49)47-16-2-5-32(47)37(50)40-13-17-53-19-20-54-18-14-41-38-42-23-28(24-43-38)25-46-15-1-4-29(26-46)36-44-31(22-34(48)45-36)33-6-3-21-55-33/h3,6-8,10-11,21-24,29,32H,1-2,4-5,9,12-20,25-26H2,(H,40,50)(H,41,42,43)(H,44,45,48)/t29?,32-/m0/s1. The van der Waals surface area contributed by atoms with Crippen LogP contribution in [0.4, 0.5) is 9.83 Å². The van der Waals surface area contributed by atoms with Crippen molar-refractivity contribution in [3.63, 3.8) is 0 Å². The van der Waals surface area contributed by atoms with Gasteiger partial charge in [-0.15, -0.1) is 15.2 Å². The molecule has 4 aromatic rings. The number of hydrogen-bond donors (Lipinski definition) is 3. The van der Waals surface area contributed by atoms with Gasteiger partial charge in [0, 0.05) is 69.1 Å². The number of hydrogen-bond acceptors (Lipinski definition) is 13.